The summed E-state index contributed by atoms with van der Waals surface area (Å²) in [7, 11) is 0. The van der Waals surface area contributed by atoms with Gasteiger partial charge in [0.05, 0.1) is 9.40 Å². The highest BCUT2D eigenvalue weighted by Gasteiger charge is 2.32. The number of hydrogen-bond acceptors (Lipinski definition) is 5. The summed E-state index contributed by atoms with van der Waals surface area (Å²) in [6, 6.07) is 1.31. The van der Waals surface area contributed by atoms with Crippen molar-refractivity contribution in [3.8, 4) is 0 Å². The summed E-state index contributed by atoms with van der Waals surface area (Å²) in [5.41, 5.74) is -0.143. The number of rotatable bonds is 3. The third-order valence-electron chi connectivity index (χ3n) is 2.74. The lowest BCUT2D eigenvalue weighted by Crippen LogP contribution is -2.26. The first-order chi connectivity index (χ1) is 8.52. The quantitative estimate of drug-likeness (QED) is 0.665. The number of amides is 1. The van der Waals surface area contributed by atoms with Crippen molar-refractivity contribution in [2.75, 3.05) is 18.1 Å². The van der Waals surface area contributed by atoms with Gasteiger partial charge >= 0.3 is 0 Å². The van der Waals surface area contributed by atoms with Crippen LogP contribution in [-0.4, -0.2) is 34.1 Å². The Hall–Kier alpha value is -1.54. The van der Waals surface area contributed by atoms with Crippen LogP contribution >= 0.6 is 15.9 Å². The second kappa shape index (κ2) is 4.99. The maximum Gasteiger partial charge on any atom is 0.288 e. The van der Waals surface area contributed by atoms with E-state index in [9.17, 15) is 14.9 Å². The molecule has 1 fully saturated rings. The Bertz CT molecular complexity index is 508. The molecule has 1 amide bonds. The Labute approximate surface area is 111 Å². The van der Waals surface area contributed by atoms with Gasteiger partial charge in [0.15, 0.2) is 0 Å². The molecule has 1 aliphatic heterocycles. The van der Waals surface area contributed by atoms with E-state index in [2.05, 4.69) is 20.9 Å². The summed E-state index contributed by atoms with van der Waals surface area (Å²) < 4.78 is 0.392. The number of aliphatic hydroxyl groups excluding tert-OH is 1. The minimum Gasteiger partial charge on any atom is -0.396 e. The zero-order valence-electron chi connectivity index (χ0n) is 9.24. The van der Waals surface area contributed by atoms with Gasteiger partial charge in [0.25, 0.3) is 5.69 Å². The first kappa shape index (κ1) is 12.9. The number of aromatic nitrogens is 1. The normalized spacial score (nSPS) is 19.3. The van der Waals surface area contributed by atoms with Gasteiger partial charge in [0, 0.05) is 31.6 Å². The topological polar surface area (TPSA) is 96.6 Å². The molecule has 1 atom stereocenters. The predicted octanol–water partition coefficient (Wildman–Crippen LogP) is 1.10. The largest absolute Gasteiger partial charge is 0.396 e. The minimum atomic E-state index is -0.552. The predicted molar refractivity (Wildman–Crippen MR) is 66.1 cm³/mol. The van der Waals surface area contributed by atoms with E-state index in [0.29, 0.717) is 16.8 Å². The van der Waals surface area contributed by atoms with Crippen LogP contribution in [-0.2, 0) is 4.79 Å². The molecule has 1 aromatic heterocycles. The number of nitro groups is 1. The summed E-state index contributed by atoms with van der Waals surface area (Å²) in [4.78, 5) is 27.1. The van der Waals surface area contributed by atoms with Crippen molar-refractivity contribution in [3.05, 3.63) is 26.9 Å². The van der Waals surface area contributed by atoms with E-state index in [4.69, 9.17) is 5.11 Å². The molecule has 0 radical (unpaired) electrons. The van der Waals surface area contributed by atoms with E-state index in [0.717, 1.165) is 6.20 Å². The summed E-state index contributed by atoms with van der Waals surface area (Å²) >= 11 is 3.17. The van der Waals surface area contributed by atoms with Crippen molar-refractivity contribution in [3.63, 3.8) is 0 Å². The molecule has 18 heavy (non-hydrogen) atoms. The molecule has 2 heterocycles. The lowest BCUT2D eigenvalue weighted by molar-refractivity contribution is -0.385. The standard InChI is InChI=1S/C10H10BrN3O4/c11-8-2-7(14(17)18)3-12-10(8)13-4-6(5-15)1-9(13)16/h2-3,6,15H,1,4-5H2. The van der Waals surface area contributed by atoms with Crippen LogP contribution in [0, 0.1) is 16.0 Å². The second-order valence-electron chi connectivity index (χ2n) is 4.01. The first-order valence-electron chi connectivity index (χ1n) is 5.24. The lowest BCUT2D eigenvalue weighted by atomic mass is 10.1. The molecule has 0 bridgehead atoms. The van der Waals surface area contributed by atoms with Gasteiger partial charge in [-0.25, -0.2) is 4.98 Å². The van der Waals surface area contributed by atoms with Crippen LogP contribution in [0.2, 0.25) is 0 Å². The Kier molecular flexibility index (Phi) is 3.58. The van der Waals surface area contributed by atoms with E-state index >= 15 is 0 Å². The second-order valence-corrected chi connectivity index (χ2v) is 4.87. The fraction of sp³-hybridized carbons (Fsp3) is 0.400. The SMILES string of the molecule is O=C1CC(CO)CN1c1ncc([N+](=O)[O-])cc1Br. The van der Waals surface area contributed by atoms with Crippen LogP contribution < -0.4 is 4.90 Å². The molecular weight excluding hydrogens is 306 g/mol. The number of pyridine rings is 1. The molecule has 0 aromatic carbocycles. The third kappa shape index (κ3) is 2.34. The van der Waals surface area contributed by atoms with Crippen LogP contribution in [0.4, 0.5) is 11.5 Å². The highest BCUT2D eigenvalue weighted by Crippen LogP contribution is 2.31. The van der Waals surface area contributed by atoms with Crippen LogP contribution in [0.15, 0.2) is 16.7 Å². The van der Waals surface area contributed by atoms with Crippen molar-refractivity contribution in [1.29, 1.82) is 0 Å². The van der Waals surface area contributed by atoms with Gasteiger partial charge in [-0.1, -0.05) is 0 Å². The number of hydrogen-bond donors (Lipinski definition) is 1. The van der Waals surface area contributed by atoms with Crippen molar-refractivity contribution < 1.29 is 14.8 Å². The molecule has 1 saturated heterocycles. The fourth-order valence-corrected chi connectivity index (χ4v) is 2.38. The average molecular weight is 316 g/mol. The highest BCUT2D eigenvalue weighted by atomic mass is 79.9. The monoisotopic (exact) mass is 315 g/mol. The van der Waals surface area contributed by atoms with Crippen molar-refractivity contribution in [1.82, 2.24) is 4.98 Å². The van der Waals surface area contributed by atoms with Crippen LogP contribution in [0.25, 0.3) is 0 Å². The van der Waals surface area contributed by atoms with Crippen LogP contribution in [0.5, 0.6) is 0 Å². The molecule has 7 nitrogen and oxygen atoms in total. The van der Waals surface area contributed by atoms with E-state index in [1.54, 1.807) is 0 Å². The minimum absolute atomic E-state index is 0.0627. The number of aliphatic hydroxyl groups is 1. The van der Waals surface area contributed by atoms with Gasteiger partial charge in [-0.15, -0.1) is 0 Å². The van der Waals surface area contributed by atoms with E-state index in [1.807, 2.05) is 0 Å². The van der Waals surface area contributed by atoms with Crippen LogP contribution in [0.3, 0.4) is 0 Å². The van der Waals surface area contributed by atoms with Crippen molar-refractivity contribution in [2.24, 2.45) is 5.92 Å². The van der Waals surface area contributed by atoms with E-state index in [1.165, 1.54) is 11.0 Å². The zero-order valence-corrected chi connectivity index (χ0v) is 10.8. The highest BCUT2D eigenvalue weighted by molar-refractivity contribution is 9.10. The number of halogens is 1. The van der Waals surface area contributed by atoms with Crippen LogP contribution in [0.1, 0.15) is 6.42 Å². The number of carbonyl (C=O) groups is 1. The summed E-state index contributed by atoms with van der Waals surface area (Å²) in [5, 5.41) is 19.6. The molecule has 0 spiro atoms. The molecule has 1 unspecified atom stereocenters. The zero-order chi connectivity index (χ0) is 13.3. The van der Waals surface area contributed by atoms with Crippen molar-refractivity contribution >= 4 is 33.3 Å². The smallest absolute Gasteiger partial charge is 0.288 e. The van der Waals surface area contributed by atoms with Gasteiger partial charge in [-0.2, -0.15) is 0 Å². The maximum absolute atomic E-state index is 11.7. The average Bonchev–Trinajstić information content (AvgIpc) is 2.70. The van der Waals surface area contributed by atoms with Gasteiger partial charge in [-0.05, 0) is 15.9 Å². The molecule has 0 saturated carbocycles. The summed E-state index contributed by atoms with van der Waals surface area (Å²) in [5.74, 6) is 0.0963. The van der Waals surface area contributed by atoms with E-state index < -0.39 is 4.92 Å². The molecule has 2 rings (SSSR count). The molecule has 96 valence electrons. The number of anilines is 1. The first-order valence-corrected chi connectivity index (χ1v) is 6.03. The maximum atomic E-state index is 11.7. The molecule has 1 aromatic rings. The molecule has 1 N–H and O–H groups in total. The Balaban J connectivity index is 2.29. The summed E-state index contributed by atoms with van der Waals surface area (Å²) in [6.45, 7) is 0.311. The molecule has 0 aliphatic carbocycles. The molecular formula is C10H10BrN3O4. The van der Waals surface area contributed by atoms with Gasteiger partial charge in [-0.3, -0.25) is 19.8 Å². The number of nitrogens with zero attached hydrogens (tertiary/aromatic N) is 3. The molecule has 1 aliphatic rings. The Morgan fingerprint density at radius 1 is 1.67 bits per heavy atom. The van der Waals surface area contributed by atoms with Crippen molar-refractivity contribution in [2.45, 2.75) is 6.42 Å². The number of carbonyl (C=O) groups excluding carboxylic acids is 1. The van der Waals surface area contributed by atoms with Gasteiger partial charge < -0.3 is 5.11 Å². The molecule has 8 heteroatoms. The van der Waals surface area contributed by atoms with Gasteiger partial charge in [0.2, 0.25) is 5.91 Å². The lowest BCUT2D eigenvalue weighted by Gasteiger charge is -2.16. The van der Waals surface area contributed by atoms with E-state index in [-0.39, 0.29) is 30.5 Å². The Morgan fingerprint density at radius 2 is 2.39 bits per heavy atom. The third-order valence-corrected chi connectivity index (χ3v) is 3.32. The van der Waals surface area contributed by atoms with Gasteiger partial charge in [0.1, 0.15) is 12.0 Å². The Morgan fingerprint density at radius 3 is 2.89 bits per heavy atom. The summed E-state index contributed by atoms with van der Waals surface area (Å²) in [6.07, 6.45) is 1.38. The fourth-order valence-electron chi connectivity index (χ4n) is 1.83.